The van der Waals surface area contributed by atoms with Crippen LogP contribution in [0.25, 0.3) is 0 Å². The summed E-state index contributed by atoms with van der Waals surface area (Å²) in [5.41, 5.74) is 1.68. The molecule has 1 heterocycles. The number of hydrogen-bond donors (Lipinski definition) is 0. The Morgan fingerprint density at radius 2 is 1.61 bits per heavy atom. The van der Waals surface area contributed by atoms with E-state index >= 15 is 0 Å². The highest BCUT2D eigenvalue weighted by Gasteiger charge is 2.40. The Bertz CT molecular complexity index is 829. The maximum atomic E-state index is 13.0. The van der Waals surface area contributed by atoms with Crippen molar-refractivity contribution in [2.24, 2.45) is 0 Å². The fraction of sp³-hybridized carbons (Fsp3) is 0.364. The number of imide groups is 1. The van der Waals surface area contributed by atoms with Gasteiger partial charge in [-0.2, -0.15) is 0 Å². The topological polar surface area (TPSA) is 65.1 Å². The number of amides is 2. The first kappa shape index (κ1) is 19.9. The first-order valence-electron chi connectivity index (χ1n) is 9.39. The Balaban J connectivity index is 1.99. The van der Waals surface area contributed by atoms with Crippen LogP contribution >= 0.6 is 0 Å². The molecule has 0 saturated heterocycles. The van der Waals surface area contributed by atoms with Crippen LogP contribution in [-0.4, -0.2) is 44.1 Å². The van der Waals surface area contributed by atoms with E-state index in [0.29, 0.717) is 42.3 Å². The number of nitrogens with zero attached hydrogens (tertiary/aromatic N) is 1. The highest BCUT2D eigenvalue weighted by molar-refractivity contribution is 6.21. The van der Waals surface area contributed by atoms with Crippen LogP contribution in [-0.2, 0) is 4.74 Å². The maximum absolute atomic E-state index is 13.0. The van der Waals surface area contributed by atoms with E-state index in [-0.39, 0.29) is 11.8 Å². The molecular weight excluding hydrogens is 358 g/mol. The van der Waals surface area contributed by atoms with Crippen LogP contribution in [0.15, 0.2) is 42.5 Å². The van der Waals surface area contributed by atoms with Gasteiger partial charge in [0.05, 0.1) is 30.9 Å². The number of fused-ring (bicyclic) bond motifs is 1. The molecule has 2 amide bonds. The van der Waals surface area contributed by atoms with Gasteiger partial charge in [-0.15, -0.1) is 0 Å². The molecule has 1 aliphatic heterocycles. The lowest BCUT2D eigenvalue weighted by molar-refractivity contribution is 0.0545. The van der Waals surface area contributed by atoms with Crippen molar-refractivity contribution in [1.82, 2.24) is 4.90 Å². The Morgan fingerprint density at radius 3 is 2.18 bits per heavy atom. The average Bonchev–Trinajstić information content (AvgIpc) is 2.98. The van der Waals surface area contributed by atoms with Crippen molar-refractivity contribution in [2.45, 2.75) is 25.8 Å². The second-order valence-electron chi connectivity index (χ2n) is 6.58. The summed E-state index contributed by atoms with van der Waals surface area (Å²) in [5.74, 6) is 0.646. The number of ether oxygens (including phenoxy) is 3. The lowest BCUT2D eigenvalue weighted by Gasteiger charge is -2.27. The van der Waals surface area contributed by atoms with Crippen molar-refractivity contribution in [1.29, 1.82) is 0 Å². The predicted molar refractivity (Wildman–Crippen MR) is 105 cm³/mol. The molecule has 6 nitrogen and oxygen atoms in total. The van der Waals surface area contributed by atoms with Crippen molar-refractivity contribution in [3.63, 3.8) is 0 Å². The number of methoxy groups -OCH3 is 2. The number of hydrogen-bond acceptors (Lipinski definition) is 5. The molecule has 2 aromatic rings. The fourth-order valence-electron chi connectivity index (χ4n) is 3.39. The van der Waals surface area contributed by atoms with Crippen LogP contribution in [0.4, 0.5) is 0 Å². The van der Waals surface area contributed by atoms with E-state index in [1.807, 2.05) is 19.1 Å². The minimum absolute atomic E-state index is 0.284. The van der Waals surface area contributed by atoms with Crippen LogP contribution in [0.1, 0.15) is 52.1 Å². The summed E-state index contributed by atoms with van der Waals surface area (Å²) in [5, 5.41) is 0. The van der Waals surface area contributed by atoms with Gasteiger partial charge < -0.3 is 14.2 Å². The highest BCUT2D eigenvalue weighted by Crippen LogP contribution is 2.37. The number of benzene rings is 2. The van der Waals surface area contributed by atoms with E-state index in [4.69, 9.17) is 14.2 Å². The van der Waals surface area contributed by atoms with Crippen molar-refractivity contribution in [3.05, 3.63) is 59.2 Å². The molecule has 0 saturated carbocycles. The molecule has 1 unspecified atom stereocenters. The molecule has 0 N–H and O–H groups in total. The maximum Gasteiger partial charge on any atom is 0.262 e. The van der Waals surface area contributed by atoms with Gasteiger partial charge in [-0.25, -0.2) is 0 Å². The fourth-order valence-corrected chi connectivity index (χ4v) is 3.39. The minimum atomic E-state index is -0.456. The SMILES string of the molecule is CCCOc1cc(C(CCOC)N2C(=O)c3ccccc3C2=O)ccc1OC. The Kier molecular flexibility index (Phi) is 6.31. The van der Waals surface area contributed by atoms with Gasteiger partial charge in [-0.3, -0.25) is 14.5 Å². The van der Waals surface area contributed by atoms with Crippen LogP contribution < -0.4 is 9.47 Å². The molecule has 0 aliphatic carbocycles. The van der Waals surface area contributed by atoms with Crippen LogP contribution in [0.3, 0.4) is 0 Å². The second kappa shape index (κ2) is 8.89. The van der Waals surface area contributed by atoms with Gasteiger partial charge in [-0.1, -0.05) is 25.1 Å². The van der Waals surface area contributed by atoms with Gasteiger partial charge in [0.1, 0.15) is 0 Å². The van der Waals surface area contributed by atoms with E-state index in [1.165, 1.54) is 4.90 Å². The molecule has 2 aromatic carbocycles. The largest absolute Gasteiger partial charge is 0.493 e. The molecule has 0 aromatic heterocycles. The Hall–Kier alpha value is -2.86. The predicted octanol–water partition coefficient (Wildman–Crippen LogP) is 3.86. The highest BCUT2D eigenvalue weighted by atomic mass is 16.5. The van der Waals surface area contributed by atoms with Gasteiger partial charge in [0, 0.05) is 13.7 Å². The van der Waals surface area contributed by atoms with Crippen molar-refractivity contribution < 1.29 is 23.8 Å². The molecule has 0 fully saturated rings. The summed E-state index contributed by atoms with van der Waals surface area (Å²) >= 11 is 0. The zero-order valence-corrected chi connectivity index (χ0v) is 16.4. The summed E-state index contributed by atoms with van der Waals surface area (Å²) in [6.45, 7) is 2.99. The molecule has 0 spiro atoms. The zero-order valence-electron chi connectivity index (χ0n) is 16.4. The first-order valence-corrected chi connectivity index (χ1v) is 9.39. The molecule has 6 heteroatoms. The third-order valence-electron chi connectivity index (χ3n) is 4.77. The van der Waals surface area contributed by atoms with Gasteiger partial charge in [0.2, 0.25) is 0 Å². The Labute approximate surface area is 165 Å². The summed E-state index contributed by atoms with van der Waals surface area (Å²) < 4.78 is 16.4. The van der Waals surface area contributed by atoms with Crippen LogP contribution in [0, 0.1) is 0 Å². The van der Waals surface area contributed by atoms with Gasteiger partial charge >= 0.3 is 0 Å². The zero-order chi connectivity index (χ0) is 20.1. The van der Waals surface area contributed by atoms with Crippen molar-refractivity contribution in [2.75, 3.05) is 27.4 Å². The third-order valence-corrected chi connectivity index (χ3v) is 4.77. The normalized spacial score (nSPS) is 14.2. The quantitative estimate of drug-likeness (QED) is 0.615. The molecule has 0 bridgehead atoms. The van der Waals surface area contributed by atoms with Crippen molar-refractivity contribution >= 4 is 11.8 Å². The molecule has 1 aliphatic rings. The van der Waals surface area contributed by atoms with Crippen molar-refractivity contribution in [3.8, 4) is 11.5 Å². The van der Waals surface area contributed by atoms with Crippen LogP contribution in [0.2, 0.25) is 0 Å². The van der Waals surface area contributed by atoms with E-state index < -0.39 is 6.04 Å². The Morgan fingerprint density at radius 1 is 0.929 bits per heavy atom. The summed E-state index contributed by atoms with van der Waals surface area (Å²) in [6, 6.07) is 12.0. The molecule has 3 rings (SSSR count). The molecular formula is C22H25NO5. The van der Waals surface area contributed by atoms with Gasteiger partial charge in [-0.05, 0) is 42.7 Å². The lowest BCUT2D eigenvalue weighted by atomic mass is 10.0. The summed E-state index contributed by atoms with van der Waals surface area (Å²) in [7, 11) is 3.18. The number of carbonyl (C=O) groups excluding carboxylic acids is 2. The average molecular weight is 383 g/mol. The summed E-state index contributed by atoms with van der Waals surface area (Å²) in [4.78, 5) is 27.3. The first-order chi connectivity index (χ1) is 13.6. The number of rotatable bonds is 9. The van der Waals surface area contributed by atoms with E-state index in [1.54, 1.807) is 44.6 Å². The lowest BCUT2D eigenvalue weighted by Crippen LogP contribution is -2.34. The standard InChI is InChI=1S/C22H25NO5/c1-4-12-28-20-14-15(9-10-19(20)27-3)18(11-13-26-2)23-21(24)16-7-5-6-8-17(16)22(23)25/h5-10,14,18H,4,11-13H2,1-3H3. The second-order valence-corrected chi connectivity index (χ2v) is 6.58. The third kappa shape index (κ3) is 3.73. The van der Waals surface area contributed by atoms with E-state index in [9.17, 15) is 9.59 Å². The molecule has 148 valence electrons. The minimum Gasteiger partial charge on any atom is -0.493 e. The van der Waals surface area contributed by atoms with Gasteiger partial charge in [0.15, 0.2) is 11.5 Å². The summed E-state index contributed by atoms with van der Waals surface area (Å²) in [6.07, 6.45) is 1.35. The van der Waals surface area contributed by atoms with Gasteiger partial charge in [0.25, 0.3) is 11.8 Å². The molecule has 0 radical (unpaired) electrons. The monoisotopic (exact) mass is 383 g/mol. The van der Waals surface area contributed by atoms with E-state index in [0.717, 1.165) is 12.0 Å². The van der Waals surface area contributed by atoms with E-state index in [2.05, 4.69) is 0 Å². The molecule has 1 atom stereocenters. The number of carbonyl (C=O) groups is 2. The molecule has 28 heavy (non-hydrogen) atoms. The van der Waals surface area contributed by atoms with Crippen LogP contribution in [0.5, 0.6) is 11.5 Å². The smallest absolute Gasteiger partial charge is 0.262 e.